The smallest absolute Gasteiger partial charge is 0.294 e. The third kappa shape index (κ3) is 3.13. The topological polar surface area (TPSA) is 42.0 Å². The van der Waals surface area contributed by atoms with Crippen LogP contribution in [0.3, 0.4) is 0 Å². The zero-order valence-corrected chi connectivity index (χ0v) is 10.9. The van der Waals surface area contributed by atoms with Crippen molar-refractivity contribution < 1.29 is 22.4 Å². The maximum atomic E-state index is 12.8. The molecule has 3 nitrogen and oxygen atoms in total. The van der Waals surface area contributed by atoms with Crippen molar-refractivity contribution >= 4 is 22.4 Å². The third-order valence-electron chi connectivity index (χ3n) is 2.39. The molecule has 2 rings (SSSR count). The first-order chi connectivity index (χ1) is 9.27. The Kier molecular flexibility index (Phi) is 3.76. The number of hydrogen-bond donors (Lipinski definition) is 1. The number of nitrogens with zero attached hydrogens (tertiary/aromatic N) is 1. The van der Waals surface area contributed by atoms with Crippen LogP contribution in [0.2, 0.25) is 0 Å². The summed E-state index contributed by atoms with van der Waals surface area (Å²) in [5.41, 5.74) is 0.972. The van der Waals surface area contributed by atoms with E-state index in [-0.39, 0.29) is 5.13 Å². The molecular formula is C12H8F4N2OS. The highest BCUT2D eigenvalue weighted by molar-refractivity contribution is 7.16. The molecule has 0 saturated carbocycles. The van der Waals surface area contributed by atoms with Crippen molar-refractivity contribution in [3.63, 3.8) is 0 Å². The highest BCUT2D eigenvalue weighted by Gasteiger charge is 2.39. The third-order valence-corrected chi connectivity index (χ3v) is 3.28. The van der Waals surface area contributed by atoms with Crippen molar-refractivity contribution in [2.24, 2.45) is 0 Å². The summed E-state index contributed by atoms with van der Waals surface area (Å²) in [6.45, 7) is 1.65. The van der Waals surface area contributed by atoms with Gasteiger partial charge in [-0.15, -0.1) is 11.3 Å². The first-order valence-electron chi connectivity index (χ1n) is 5.39. The normalized spacial score (nSPS) is 11.4. The summed E-state index contributed by atoms with van der Waals surface area (Å²) in [7, 11) is 0. The van der Waals surface area contributed by atoms with E-state index in [2.05, 4.69) is 4.98 Å². The maximum absolute atomic E-state index is 12.8. The van der Waals surface area contributed by atoms with Gasteiger partial charge in [0.1, 0.15) is 5.82 Å². The predicted molar refractivity (Wildman–Crippen MR) is 66.9 cm³/mol. The second-order valence-electron chi connectivity index (χ2n) is 3.88. The number of halogens is 4. The summed E-state index contributed by atoms with van der Waals surface area (Å²) >= 11 is 0.921. The Labute approximate surface area is 115 Å². The summed E-state index contributed by atoms with van der Waals surface area (Å²) in [6.07, 6.45) is -4.96. The molecule has 2 aromatic rings. The van der Waals surface area contributed by atoms with Crippen molar-refractivity contribution in [1.29, 1.82) is 0 Å². The SMILES string of the molecule is Cc1sc(NC(=O)C(F)(F)F)nc1-c1ccc(F)cc1. The van der Waals surface area contributed by atoms with Crippen LogP contribution in [-0.2, 0) is 4.79 Å². The highest BCUT2D eigenvalue weighted by atomic mass is 32.1. The van der Waals surface area contributed by atoms with Gasteiger partial charge in [0, 0.05) is 10.4 Å². The Balaban J connectivity index is 2.26. The fraction of sp³-hybridized carbons (Fsp3) is 0.167. The quantitative estimate of drug-likeness (QED) is 0.858. The molecule has 20 heavy (non-hydrogen) atoms. The lowest BCUT2D eigenvalue weighted by atomic mass is 10.1. The molecule has 0 aliphatic carbocycles. The number of nitrogens with one attached hydrogen (secondary N) is 1. The number of amides is 1. The molecule has 0 fully saturated rings. The Morgan fingerprint density at radius 3 is 2.40 bits per heavy atom. The van der Waals surface area contributed by atoms with Gasteiger partial charge in [-0.05, 0) is 31.2 Å². The van der Waals surface area contributed by atoms with Gasteiger partial charge in [0.15, 0.2) is 5.13 Å². The molecule has 1 N–H and O–H groups in total. The number of thiazole rings is 1. The van der Waals surface area contributed by atoms with Gasteiger partial charge in [-0.2, -0.15) is 13.2 Å². The summed E-state index contributed by atoms with van der Waals surface area (Å²) in [5.74, 6) is -2.50. The molecule has 0 aliphatic rings. The van der Waals surface area contributed by atoms with E-state index in [1.165, 1.54) is 24.3 Å². The molecule has 0 aliphatic heterocycles. The lowest BCUT2D eigenvalue weighted by Gasteiger charge is -2.04. The number of rotatable bonds is 2. The molecule has 0 bridgehead atoms. The molecule has 0 unspecified atom stereocenters. The standard InChI is InChI=1S/C12H8F4N2OS/c1-6-9(7-2-4-8(13)5-3-7)17-11(20-6)18-10(19)12(14,15)16/h2-5H,1H3,(H,17,18,19). The van der Waals surface area contributed by atoms with Crippen LogP contribution in [0, 0.1) is 12.7 Å². The zero-order chi connectivity index (χ0) is 14.9. The van der Waals surface area contributed by atoms with Gasteiger partial charge in [0.25, 0.3) is 0 Å². The van der Waals surface area contributed by atoms with Crippen molar-refractivity contribution in [3.8, 4) is 11.3 Å². The van der Waals surface area contributed by atoms with E-state index in [1.807, 2.05) is 0 Å². The van der Waals surface area contributed by atoms with Gasteiger partial charge >= 0.3 is 12.1 Å². The van der Waals surface area contributed by atoms with E-state index in [9.17, 15) is 22.4 Å². The highest BCUT2D eigenvalue weighted by Crippen LogP contribution is 2.31. The van der Waals surface area contributed by atoms with Gasteiger partial charge in [-0.1, -0.05) is 0 Å². The first kappa shape index (κ1) is 14.4. The van der Waals surface area contributed by atoms with Crippen LogP contribution in [0.1, 0.15) is 4.88 Å². The molecule has 0 atom stereocenters. The monoisotopic (exact) mass is 304 g/mol. The molecule has 1 aromatic carbocycles. The van der Waals surface area contributed by atoms with Crippen molar-refractivity contribution in [1.82, 2.24) is 4.98 Å². The van der Waals surface area contributed by atoms with E-state index in [1.54, 1.807) is 12.2 Å². The molecule has 0 saturated heterocycles. The Morgan fingerprint density at radius 2 is 1.85 bits per heavy atom. The lowest BCUT2D eigenvalue weighted by Crippen LogP contribution is -2.29. The molecule has 8 heteroatoms. The van der Waals surface area contributed by atoms with E-state index < -0.39 is 17.9 Å². The van der Waals surface area contributed by atoms with Crippen LogP contribution in [0.5, 0.6) is 0 Å². The Morgan fingerprint density at radius 1 is 1.25 bits per heavy atom. The number of carbonyl (C=O) groups excluding carboxylic acids is 1. The van der Waals surface area contributed by atoms with Crippen molar-refractivity contribution in [3.05, 3.63) is 35.0 Å². The van der Waals surface area contributed by atoms with Crippen molar-refractivity contribution in [2.45, 2.75) is 13.1 Å². The molecule has 1 aromatic heterocycles. The Bertz CT molecular complexity index is 634. The summed E-state index contributed by atoms with van der Waals surface area (Å²) in [4.78, 5) is 15.4. The van der Waals surface area contributed by atoms with Crippen LogP contribution in [-0.4, -0.2) is 17.1 Å². The van der Waals surface area contributed by atoms with Gasteiger partial charge in [-0.3, -0.25) is 10.1 Å². The van der Waals surface area contributed by atoms with Crippen LogP contribution in [0.25, 0.3) is 11.3 Å². The number of aryl methyl sites for hydroxylation is 1. The molecule has 1 amide bonds. The average Bonchev–Trinajstić information content (AvgIpc) is 2.70. The number of aromatic nitrogens is 1. The molecular weight excluding hydrogens is 296 g/mol. The molecule has 106 valence electrons. The van der Waals surface area contributed by atoms with Gasteiger partial charge in [-0.25, -0.2) is 9.37 Å². The minimum Gasteiger partial charge on any atom is -0.294 e. The Hall–Kier alpha value is -1.96. The zero-order valence-electron chi connectivity index (χ0n) is 10.1. The number of benzene rings is 1. The second-order valence-corrected chi connectivity index (χ2v) is 5.09. The number of hydrogen-bond acceptors (Lipinski definition) is 3. The fourth-order valence-corrected chi connectivity index (χ4v) is 2.32. The van der Waals surface area contributed by atoms with Crippen molar-refractivity contribution in [2.75, 3.05) is 5.32 Å². The van der Waals surface area contributed by atoms with Crippen LogP contribution >= 0.6 is 11.3 Å². The number of carbonyl (C=O) groups is 1. The van der Waals surface area contributed by atoms with E-state index in [0.717, 1.165) is 11.3 Å². The first-order valence-corrected chi connectivity index (χ1v) is 6.20. The lowest BCUT2D eigenvalue weighted by molar-refractivity contribution is -0.167. The van der Waals surface area contributed by atoms with Gasteiger partial charge in [0.2, 0.25) is 0 Å². The molecule has 0 radical (unpaired) electrons. The summed E-state index contributed by atoms with van der Waals surface area (Å²) in [6, 6.07) is 5.38. The molecule has 0 spiro atoms. The van der Waals surface area contributed by atoms with Crippen LogP contribution in [0.15, 0.2) is 24.3 Å². The molecule has 1 heterocycles. The summed E-state index contributed by atoms with van der Waals surface area (Å²) in [5, 5.41) is 1.54. The average molecular weight is 304 g/mol. The number of alkyl halides is 3. The van der Waals surface area contributed by atoms with Crippen LogP contribution < -0.4 is 5.32 Å². The minimum atomic E-state index is -4.96. The van der Waals surface area contributed by atoms with Gasteiger partial charge < -0.3 is 0 Å². The predicted octanol–water partition coefficient (Wildman–Crippen LogP) is 3.76. The number of anilines is 1. The van der Waals surface area contributed by atoms with E-state index in [4.69, 9.17) is 0 Å². The largest absolute Gasteiger partial charge is 0.471 e. The minimum absolute atomic E-state index is 0.149. The second kappa shape index (κ2) is 5.20. The maximum Gasteiger partial charge on any atom is 0.471 e. The van der Waals surface area contributed by atoms with Gasteiger partial charge in [0.05, 0.1) is 5.69 Å². The van der Waals surface area contributed by atoms with E-state index in [0.29, 0.717) is 16.1 Å². The fourth-order valence-electron chi connectivity index (χ4n) is 1.49. The van der Waals surface area contributed by atoms with E-state index >= 15 is 0 Å². The summed E-state index contributed by atoms with van der Waals surface area (Å²) < 4.78 is 49.2. The van der Waals surface area contributed by atoms with Crippen LogP contribution in [0.4, 0.5) is 22.7 Å².